The van der Waals surface area contributed by atoms with E-state index >= 15 is 0 Å². The lowest BCUT2D eigenvalue weighted by molar-refractivity contribution is 0.290. The minimum absolute atomic E-state index is 0.0485. The number of nitrogens with zero attached hydrogens (tertiary/aromatic N) is 2. The second-order valence-electron chi connectivity index (χ2n) is 3.30. The first-order valence-corrected chi connectivity index (χ1v) is 3.79. The van der Waals surface area contributed by atoms with E-state index in [1.807, 2.05) is 38.0 Å². The lowest BCUT2D eigenvalue weighted by atomic mass is 9.81. The van der Waals surface area contributed by atoms with Crippen LogP contribution in [0.1, 0.15) is 6.42 Å². The third-order valence-electron chi connectivity index (χ3n) is 1.81. The van der Waals surface area contributed by atoms with Crippen molar-refractivity contribution in [2.45, 2.75) is 18.3 Å². The first-order chi connectivity index (χ1) is 4.95. The van der Waals surface area contributed by atoms with Gasteiger partial charge in [0.25, 0.3) is 0 Å². The Kier molecular flexibility index (Phi) is 4.86. The lowest BCUT2D eigenvalue weighted by Crippen LogP contribution is -2.38. The second-order valence-corrected chi connectivity index (χ2v) is 3.30. The van der Waals surface area contributed by atoms with Crippen LogP contribution in [0, 0.1) is 0 Å². The third-order valence-corrected chi connectivity index (χ3v) is 1.81. The highest BCUT2D eigenvalue weighted by atomic mass is 15.1. The molecule has 0 bridgehead atoms. The summed E-state index contributed by atoms with van der Waals surface area (Å²) in [5.41, 5.74) is 0. The second kappa shape index (κ2) is 4.83. The number of hydrogen-bond donors (Lipinski definition) is 0. The summed E-state index contributed by atoms with van der Waals surface area (Å²) < 4.78 is 0. The van der Waals surface area contributed by atoms with Crippen LogP contribution in [0.2, 0.25) is 0 Å². The van der Waals surface area contributed by atoms with Gasteiger partial charge in [0.05, 0.1) is 15.7 Å². The summed E-state index contributed by atoms with van der Waals surface area (Å²) in [7, 11) is 19.4. The fourth-order valence-corrected chi connectivity index (χ4v) is 0.669. The summed E-state index contributed by atoms with van der Waals surface area (Å²) in [6.45, 7) is 0. The third kappa shape index (κ3) is 4.49. The van der Waals surface area contributed by atoms with E-state index < -0.39 is 0 Å². The van der Waals surface area contributed by atoms with Crippen molar-refractivity contribution in [3.63, 3.8) is 0 Å². The summed E-state index contributed by atoms with van der Waals surface area (Å²) in [4.78, 5) is 3.92. The number of hydrogen-bond acceptors (Lipinski definition) is 2. The monoisotopic (exact) mass is 150 g/mol. The molecule has 0 aromatic heterocycles. The highest BCUT2D eigenvalue weighted by molar-refractivity contribution is 6.14. The molecule has 1 unspecified atom stereocenters. The minimum atomic E-state index is 0.0485. The molecule has 2 nitrogen and oxygen atoms in total. The van der Waals surface area contributed by atoms with Crippen LogP contribution >= 0.6 is 0 Å². The minimum Gasteiger partial charge on any atom is -0.315 e. The molecule has 0 fully saturated rings. The van der Waals surface area contributed by atoms with Gasteiger partial charge in [-0.3, -0.25) is 0 Å². The largest absolute Gasteiger partial charge is 0.315 e. The van der Waals surface area contributed by atoms with Crippen molar-refractivity contribution in [1.29, 1.82) is 0 Å². The highest BCUT2D eigenvalue weighted by Crippen LogP contribution is 2.01. The maximum absolute atomic E-state index is 5.77. The summed E-state index contributed by atoms with van der Waals surface area (Å²) >= 11 is 0. The van der Waals surface area contributed by atoms with E-state index in [9.17, 15) is 0 Å². The molecular weight excluding hydrogens is 134 g/mol. The van der Waals surface area contributed by atoms with E-state index in [0.29, 0.717) is 0 Å². The fourth-order valence-electron chi connectivity index (χ4n) is 0.669. The van der Waals surface area contributed by atoms with Crippen molar-refractivity contribution < 1.29 is 0 Å². The molecule has 0 aliphatic carbocycles. The first kappa shape index (κ1) is 11.0. The molecule has 4 radical (unpaired) electrons. The maximum atomic E-state index is 5.77. The Balaban J connectivity index is 3.66. The van der Waals surface area contributed by atoms with Gasteiger partial charge in [-0.15, -0.1) is 0 Å². The van der Waals surface area contributed by atoms with Crippen LogP contribution in [0.15, 0.2) is 0 Å². The molecule has 60 valence electrons. The van der Waals surface area contributed by atoms with Gasteiger partial charge in [-0.2, -0.15) is 0 Å². The van der Waals surface area contributed by atoms with Crippen LogP contribution < -0.4 is 0 Å². The number of rotatable bonds is 4. The van der Waals surface area contributed by atoms with E-state index in [0.717, 1.165) is 6.42 Å². The Morgan fingerprint density at radius 3 is 1.36 bits per heavy atom. The smallest absolute Gasteiger partial charge is 0.0910 e. The predicted octanol–water partition coefficient (Wildman–Crippen LogP) is -0.511. The zero-order chi connectivity index (χ0) is 9.02. The highest BCUT2D eigenvalue weighted by Gasteiger charge is 2.10. The molecule has 0 aliphatic rings. The predicted molar refractivity (Wildman–Crippen MR) is 51.1 cm³/mol. The average Bonchev–Trinajstić information content (AvgIpc) is 1.87. The standard InChI is InChI=1S/C7H16B2N2/c1-10(2)6(8)5-7(9)11(3)4/h6-7H,5H2,1-4H3/t6-,7?/m0/s1. The lowest BCUT2D eigenvalue weighted by Gasteiger charge is -2.27. The SMILES string of the molecule is [B]C(C[C@@H]([B])N(C)C)N(C)C. The summed E-state index contributed by atoms with van der Waals surface area (Å²) in [6, 6.07) is 0. The molecule has 2 atom stereocenters. The molecule has 0 rings (SSSR count). The van der Waals surface area contributed by atoms with Crippen molar-refractivity contribution >= 4 is 15.7 Å². The van der Waals surface area contributed by atoms with Crippen molar-refractivity contribution in [1.82, 2.24) is 9.80 Å². The molecule has 0 spiro atoms. The van der Waals surface area contributed by atoms with Crippen LogP contribution in [0.4, 0.5) is 0 Å². The van der Waals surface area contributed by atoms with E-state index in [2.05, 4.69) is 0 Å². The van der Waals surface area contributed by atoms with Gasteiger partial charge in [-0.25, -0.2) is 0 Å². The van der Waals surface area contributed by atoms with E-state index in [1.54, 1.807) is 0 Å². The summed E-state index contributed by atoms with van der Waals surface area (Å²) in [5, 5.41) is 0. The van der Waals surface area contributed by atoms with Gasteiger partial charge in [0.15, 0.2) is 0 Å². The van der Waals surface area contributed by atoms with Crippen LogP contribution in [-0.4, -0.2) is 65.6 Å². The molecule has 0 amide bonds. The van der Waals surface area contributed by atoms with Gasteiger partial charge in [-0.1, -0.05) is 0 Å². The fraction of sp³-hybridized carbons (Fsp3) is 1.00. The van der Waals surface area contributed by atoms with Gasteiger partial charge in [0.2, 0.25) is 0 Å². The van der Waals surface area contributed by atoms with Crippen LogP contribution in [0.25, 0.3) is 0 Å². The Hall–Kier alpha value is 0.0499. The molecule has 0 aliphatic heterocycles. The molecule has 0 saturated heterocycles. The Bertz CT molecular complexity index is 94.6. The van der Waals surface area contributed by atoms with Crippen LogP contribution in [-0.2, 0) is 0 Å². The van der Waals surface area contributed by atoms with Crippen molar-refractivity contribution in [3.8, 4) is 0 Å². The van der Waals surface area contributed by atoms with Gasteiger partial charge in [-0.05, 0) is 46.5 Å². The summed E-state index contributed by atoms with van der Waals surface area (Å²) in [6.07, 6.45) is 0.792. The van der Waals surface area contributed by atoms with Crippen LogP contribution in [0.3, 0.4) is 0 Å². The Labute approximate surface area is 72.8 Å². The van der Waals surface area contributed by atoms with Gasteiger partial charge in [0, 0.05) is 0 Å². The molecule has 0 aromatic rings. The summed E-state index contributed by atoms with van der Waals surface area (Å²) in [5.74, 6) is 0.0970. The topological polar surface area (TPSA) is 6.48 Å². The van der Waals surface area contributed by atoms with E-state index in [-0.39, 0.29) is 11.9 Å². The zero-order valence-corrected chi connectivity index (χ0v) is 7.91. The Morgan fingerprint density at radius 1 is 0.909 bits per heavy atom. The normalized spacial score (nSPS) is 17.3. The molecule has 4 heteroatoms. The van der Waals surface area contributed by atoms with Gasteiger partial charge < -0.3 is 9.80 Å². The zero-order valence-electron chi connectivity index (χ0n) is 7.91. The quantitative estimate of drug-likeness (QED) is 0.497. The van der Waals surface area contributed by atoms with Crippen molar-refractivity contribution in [2.75, 3.05) is 28.2 Å². The molecule has 0 saturated carbocycles. The molecular formula is C7H16B2N2. The van der Waals surface area contributed by atoms with Crippen molar-refractivity contribution in [2.24, 2.45) is 0 Å². The van der Waals surface area contributed by atoms with Crippen molar-refractivity contribution in [3.05, 3.63) is 0 Å². The maximum Gasteiger partial charge on any atom is 0.0910 e. The molecule has 0 N–H and O–H groups in total. The molecule has 0 aromatic carbocycles. The average molecular weight is 150 g/mol. The van der Waals surface area contributed by atoms with Crippen LogP contribution in [0.5, 0.6) is 0 Å². The van der Waals surface area contributed by atoms with Gasteiger partial charge in [0.1, 0.15) is 0 Å². The Morgan fingerprint density at radius 2 is 1.18 bits per heavy atom. The molecule has 11 heavy (non-hydrogen) atoms. The van der Waals surface area contributed by atoms with Gasteiger partial charge >= 0.3 is 0 Å². The van der Waals surface area contributed by atoms with E-state index in [4.69, 9.17) is 15.7 Å². The first-order valence-electron chi connectivity index (χ1n) is 3.79. The molecule has 0 heterocycles. The van der Waals surface area contributed by atoms with E-state index in [1.165, 1.54) is 0 Å².